The molecule has 1 N–H and O–H groups in total. The summed E-state index contributed by atoms with van der Waals surface area (Å²) >= 11 is 0. The second-order valence-corrected chi connectivity index (χ2v) is 6.12. The van der Waals surface area contributed by atoms with Crippen molar-refractivity contribution in [3.8, 4) is 11.5 Å². The lowest BCUT2D eigenvalue weighted by Gasteiger charge is -2.31. The van der Waals surface area contributed by atoms with Gasteiger partial charge in [0, 0.05) is 6.54 Å². The maximum atomic E-state index is 5.77. The van der Waals surface area contributed by atoms with Crippen LogP contribution < -0.4 is 14.8 Å². The molecular weight excluding hydrogens is 274 g/mol. The van der Waals surface area contributed by atoms with Gasteiger partial charge in [0.25, 0.3) is 0 Å². The van der Waals surface area contributed by atoms with Crippen LogP contribution in [-0.2, 0) is 6.42 Å². The minimum atomic E-state index is 0.236. The molecule has 0 saturated heterocycles. The van der Waals surface area contributed by atoms with E-state index in [4.69, 9.17) is 9.47 Å². The van der Waals surface area contributed by atoms with Crippen molar-refractivity contribution in [1.82, 2.24) is 5.32 Å². The molecule has 3 nitrogen and oxygen atoms in total. The number of aryl methyl sites for hydroxylation is 1. The first-order chi connectivity index (χ1) is 10.7. The van der Waals surface area contributed by atoms with Crippen molar-refractivity contribution in [1.29, 1.82) is 0 Å². The first-order valence-electron chi connectivity index (χ1n) is 7.96. The average Bonchev–Trinajstić information content (AvgIpc) is 2.55. The zero-order valence-corrected chi connectivity index (χ0v) is 13.1. The van der Waals surface area contributed by atoms with Gasteiger partial charge in [0.05, 0.1) is 6.04 Å². The molecule has 2 aliphatic heterocycles. The predicted molar refractivity (Wildman–Crippen MR) is 86.9 cm³/mol. The Balaban J connectivity index is 1.83. The van der Waals surface area contributed by atoms with Crippen LogP contribution in [0.25, 0.3) is 0 Å². The third-order valence-corrected chi connectivity index (χ3v) is 4.82. The fourth-order valence-electron chi connectivity index (χ4n) is 3.46. The molecule has 2 aromatic carbocycles. The van der Waals surface area contributed by atoms with Crippen molar-refractivity contribution in [3.63, 3.8) is 0 Å². The molecule has 1 atom stereocenters. The molecule has 4 rings (SSSR count). The number of hydrogen-bond acceptors (Lipinski definition) is 3. The van der Waals surface area contributed by atoms with Crippen molar-refractivity contribution in [3.05, 3.63) is 58.1 Å². The molecule has 0 aromatic heterocycles. The molecule has 2 aliphatic rings. The molecule has 3 heteroatoms. The van der Waals surface area contributed by atoms with Crippen LogP contribution >= 0.6 is 0 Å². The van der Waals surface area contributed by atoms with Gasteiger partial charge in [-0.2, -0.15) is 0 Å². The Morgan fingerprint density at radius 3 is 2.59 bits per heavy atom. The molecule has 0 amide bonds. The lowest BCUT2D eigenvalue weighted by atomic mass is 9.86. The highest BCUT2D eigenvalue weighted by atomic mass is 16.6. The number of fused-ring (bicyclic) bond motifs is 2. The lowest BCUT2D eigenvalue weighted by molar-refractivity contribution is 0.171. The molecule has 1 unspecified atom stereocenters. The molecule has 0 fully saturated rings. The summed E-state index contributed by atoms with van der Waals surface area (Å²) in [5, 5.41) is 3.67. The zero-order chi connectivity index (χ0) is 15.1. The first kappa shape index (κ1) is 13.6. The topological polar surface area (TPSA) is 30.5 Å². The van der Waals surface area contributed by atoms with Crippen LogP contribution in [0, 0.1) is 13.8 Å². The van der Waals surface area contributed by atoms with E-state index in [9.17, 15) is 0 Å². The molecule has 0 bridgehead atoms. The van der Waals surface area contributed by atoms with Gasteiger partial charge in [0.15, 0.2) is 11.5 Å². The van der Waals surface area contributed by atoms with E-state index >= 15 is 0 Å². The fourth-order valence-corrected chi connectivity index (χ4v) is 3.46. The van der Waals surface area contributed by atoms with Crippen LogP contribution in [0.15, 0.2) is 30.3 Å². The van der Waals surface area contributed by atoms with Gasteiger partial charge in [-0.1, -0.05) is 18.2 Å². The van der Waals surface area contributed by atoms with Crippen LogP contribution in [0.1, 0.15) is 33.9 Å². The highest BCUT2D eigenvalue weighted by molar-refractivity contribution is 5.53. The van der Waals surface area contributed by atoms with Crippen LogP contribution in [0.4, 0.5) is 0 Å². The predicted octanol–water partition coefficient (Wildman–Crippen LogP) is 3.31. The van der Waals surface area contributed by atoms with E-state index in [1.54, 1.807) is 0 Å². The number of ether oxygens (including phenoxy) is 2. The molecule has 2 heterocycles. The van der Waals surface area contributed by atoms with E-state index in [1.165, 1.54) is 27.8 Å². The third-order valence-electron chi connectivity index (χ3n) is 4.82. The molecule has 2 aromatic rings. The largest absolute Gasteiger partial charge is 0.486 e. The van der Waals surface area contributed by atoms with E-state index in [2.05, 4.69) is 49.5 Å². The Hall–Kier alpha value is -2.00. The average molecular weight is 295 g/mol. The number of nitrogens with one attached hydrogen (secondary N) is 1. The summed E-state index contributed by atoms with van der Waals surface area (Å²) in [6, 6.07) is 11.1. The Kier molecular flexibility index (Phi) is 3.30. The summed E-state index contributed by atoms with van der Waals surface area (Å²) in [5.74, 6) is 1.77. The monoisotopic (exact) mass is 295 g/mol. The summed E-state index contributed by atoms with van der Waals surface area (Å²) in [5.41, 5.74) is 6.75. The first-order valence-corrected chi connectivity index (χ1v) is 7.96. The van der Waals surface area contributed by atoms with Crippen molar-refractivity contribution < 1.29 is 9.47 Å². The Labute approximate surface area is 131 Å². The highest BCUT2D eigenvalue weighted by Gasteiger charge is 2.26. The standard InChI is InChI=1S/C19H21NO2/c1-12-4-3-5-15(13(12)2)19-16-11-18-17(21-8-9-22-18)10-14(16)6-7-20-19/h3-5,10-11,19-20H,6-9H2,1-2H3. The Morgan fingerprint density at radius 1 is 1.00 bits per heavy atom. The van der Waals surface area contributed by atoms with E-state index < -0.39 is 0 Å². The summed E-state index contributed by atoms with van der Waals surface area (Å²) in [4.78, 5) is 0. The van der Waals surface area contributed by atoms with E-state index in [-0.39, 0.29) is 6.04 Å². The molecule has 0 saturated carbocycles. The van der Waals surface area contributed by atoms with E-state index in [0.29, 0.717) is 13.2 Å². The second-order valence-electron chi connectivity index (χ2n) is 6.12. The van der Waals surface area contributed by atoms with Gasteiger partial charge in [-0.25, -0.2) is 0 Å². The van der Waals surface area contributed by atoms with Crippen LogP contribution in [-0.4, -0.2) is 19.8 Å². The van der Waals surface area contributed by atoms with Gasteiger partial charge in [-0.05, 0) is 60.2 Å². The molecule has 22 heavy (non-hydrogen) atoms. The maximum Gasteiger partial charge on any atom is 0.161 e. The zero-order valence-electron chi connectivity index (χ0n) is 13.1. The normalized spacial score (nSPS) is 19.6. The molecule has 0 radical (unpaired) electrons. The SMILES string of the molecule is Cc1cccc(C2NCCc3cc4c(cc32)OCCO4)c1C. The van der Waals surface area contributed by atoms with E-state index in [1.807, 2.05) is 0 Å². The van der Waals surface area contributed by atoms with Gasteiger partial charge in [-0.15, -0.1) is 0 Å². The van der Waals surface area contributed by atoms with Crippen molar-refractivity contribution in [2.24, 2.45) is 0 Å². The Bertz CT molecular complexity index is 724. The molecule has 0 aliphatic carbocycles. The number of benzene rings is 2. The van der Waals surface area contributed by atoms with E-state index in [0.717, 1.165) is 24.5 Å². The summed E-state index contributed by atoms with van der Waals surface area (Å²) in [6.45, 7) is 6.65. The van der Waals surface area contributed by atoms with Gasteiger partial charge in [0.1, 0.15) is 13.2 Å². The fraction of sp³-hybridized carbons (Fsp3) is 0.368. The lowest BCUT2D eigenvalue weighted by Crippen LogP contribution is -2.31. The van der Waals surface area contributed by atoms with Gasteiger partial charge in [-0.3, -0.25) is 0 Å². The van der Waals surface area contributed by atoms with Crippen molar-refractivity contribution in [2.45, 2.75) is 26.3 Å². The van der Waals surface area contributed by atoms with Gasteiger partial charge >= 0.3 is 0 Å². The van der Waals surface area contributed by atoms with Crippen molar-refractivity contribution in [2.75, 3.05) is 19.8 Å². The van der Waals surface area contributed by atoms with Crippen LogP contribution in [0.3, 0.4) is 0 Å². The molecule has 114 valence electrons. The van der Waals surface area contributed by atoms with Crippen LogP contribution in [0.2, 0.25) is 0 Å². The summed E-state index contributed by atoms with van der Waals surface area (Å²) in [6.07, 6.45) is 1.04. The number of hydrogen-bond donors (Lipinski definition) is 1. The van der Waals surface area contributed by atoms with Gasteiger partial charge < -0.3 is 14.8 Å². The number of rotatable bonds is 1. The molecule has 0 spiro atoms. The summed E-state index contributed by atoms with van der Waals surface area (Å²) in [7, 11) is 0. The maximum absolute atomic E-state index is 5.77. The third kappa shape index (κ3) is 2.17. The van der Waals surface area contributed by atoms with Crippen LogP contribution in [0.5, 0.6) is 11.5 Å². The Morgan fingerprint density at radius 2 is 1.77 bits per heavy atom. The molecular formula is C19H21NO2. The second kappa shape index (κ2) is 5.33. The van der Waals surface area contributed by atoms with Crippen molar-refractivity contribution >= 4 is 0 Å². The van der Waals surface area contributed by atoms with Gasteiger partial charge in [0.2, 0.25) is 0 Å². The minimum Gasteiger partial charge on any atom is -0.486 e. The quantitative estimate of drug-likeness (QED) is 0.875. The minimum absolute atomic E-state index is 0.236. The summed E-state index contributed by atoms with van der Waals surface area (Å²) < 4.78 is 11.5. The highest BCUT2D eigenvalue weighted by Crippen LogP contribution is 2.39. The smallest absolute Gasteiger partial charge is 0.161 e.